The van der Waals surface area contributed by atoms with Crippen LogP contribution in [0.2, 0.25) is 0 Å². The van der Waals surface area contributed by atoms with Crippen LogP contribution in [0.4, 0.5) is 4.79 Å². The molecule has 1 rings (SSSR count). The molecule has 0 saturated heterocycles. The Morgan fingerprint density at radius 2 is 2.07 bits per heavy atom. The third-order valence-electron chi connectivity index (χ3n) is 2.72. The summed E-state index contributed by atoms with van der Waals surface area (Å²) in [6.07, 6.45) is 2.36. The number of amides is 2. The molecule has 0 bridgehead atoms. The van der Waals surface area contributed by atoms with Crippen LogP contribution in [0.3, 0.4) is 0 Å². The van der Waals surface area contributed by atoms with Crippen LogP contribution in [-0.4, -0.2) is 29.2 Å². The molecule has 1 fully saturated rings. The van der Waals surface area contributed by atoms with Crippen LogP contribution in [0.5, 0.6) is 0 Å². The molecule has 86 valence electrons. The zero-order valence-electron chi connectivity index (χ0n) is 9.12. The van der Waals surface area contributed by atoms with E-state index in [9.17, 15) is 9.59 Å². The van der Waals surface area contributed by atoms with Crippen molar-refractivity contribution in [1.82, 2.24) is 10.6 Å². The van der Waals surface area contributed by atoms with Crippen molar-refractivity contribution < 1.29 is 14.7 Å². The Morgan fingerprint density at radius 1 is 1.47 bits per heavy atom. The maximum Gasteiger partial charge on any atom is 0.326 e. The summed E-state index contributed by atoms with van der Waals surface area (Å²) in [6.45, 7) is 3.85. The topological polar surface area (TPSA) is 78.4 Å². The number of hydrogen-bond donors (Lipinski definition) is 3. The number of carbonyl (C=O) groups is 2. The molecule has 0 radical (unpaired) electrons. The molecule has 0 aromatic rings. The lowest BCUT2D eigenvalue weighted by atomic mass is 9.82. The smallest absolute Gasteiger partial charge is 0.326 e. The van der Waals surface area contributed by atoms with Gasteiger partial charge in [0.05, 0.1) is 0 Å². The van der Waals surface area contributed by atoms with Gasteiger partial charge in [-0.15, -0.1) is 0 Å². The fourth-order valence-corrected chi connectivity index (χ4v) is 1.74. The summed E-state index contributed by atoms with van der Waals surface area (Å²) in [5.41, 5.74) is 0. The molecular weight excluding hydrogens is 196 g/mol. The van der Waals surface area contributed by atoms with Gasteiger partial charge in [0.1, 0.15) is 6.04 Å². The predicted molar refractivity (Wildman–Crippen MR) is 55.6 cm³/mol. The molecule has 15 heavy (non-hydrogen) atoms. The lowest BCUT2D eigenvalue weighted by Gasteiger charge is -2.33. The van der Waals surface area contributed by atoms with E-state index in [1.165, 1.54) is 0 Å². The first kappa shape index (κ1) is 11.8. The summed E-state index contributed by atoms with van der Waals surface area (Å²) in [6, 6.07) is -0.949. The van der Waals surface area contributed by atoms with Crippen molar-refractivity contribution in [2.75, 3.05) is 0 Å². The van der Waals surface area contributed by atoms with E-state index < -0.39 is 12.0 Å². The van der Waals surface area contributed by atoms with Gasteiger partial charge in [-0.05, 0) is 25.2 Å². The minimum absolute atomic E-state index is 0.214. The standard InChI is InChI=1S/C10H18N2O3/c1-3-8(9(13)14)12-10(15)11-7-4-6(2)5-7/h6-8H,3-5H2,1-2H3,(H,13,14)(H2,11,12,15). The summed E-state index contributed by atoms with van der Waals surface area (Å²) in [4.78, 5) is 22.0. The van der Waals surface area contributed by atoms with E-state index in [-0.39, 0.29) is 12.1 Å². The van der Waals surface area contributed by atoms with Crippen LogP contribution in [0.25, 0.3) is 0 Å². The predicted octanol–water partition coefficient (Wildman–Crippen LogP) is 0.947. The number of urea groups is 1. The average molecular weight is 214 g/mol. The zero-order valence-corrected chi connectivity index (χ0v) is 9.12. The largest absolute Gasteiger partial charge is 0.480 e. The van der Waals surface area contributed by atoms with Crippen LogP contribution in [-0.2, 0) is 4.79 Å². The molecule has 5 heteroatoms. The van der Waals surface area contributed by atoms with Crippen LogP contribution < -0.4 is 10.6 Å². The van der Waals surface area contributed by atoms with Crippen LogP contribution in [0.15, 0.2) is 0 Å². The first-order valence-corrected chi connectivity index (χ1v) is 5.32. The molecule has 0 heterocycles. The summed E-state index contributed by atoms with van der Waals surface area (Å²) < 4.78 is 0. The minimum Gasteiger partial charge on any atom is -0.480 e. The van der Waals surface area contributed by atoms with Crippen LogP contribution >= 0.6 is 0 Å². The number of nitrogens with one attached hydrogen (secondary N) is 2. The van der Waals surface area contributed by atoms with E-state index in [1.54, 1.807) is 6.92 Å². The second-order valence-electron chi connectivity index (χ2n) is 4.19. The Hall–Kier alpha value is -1.26. The summed E-state index contributed by atoms with van der Waals surface area (Å²) >= 11 is 0. The molecule has 1 unspecified atom stereocenters. The Labute approximate surface area is 89.2 Å². The quantitative estimate of drug-likeness (QED) is 0.652. The SMILES string of the molecule is CCC(NC(=O)NC1CC(C)C1)C(=O)O. The Balaban J connectivity index is 2.25. The molecule has 5 nitrogen and oxygen atoms in total. The van der Waals surface area contributed by atoms with Gasteiger partial charge in [-0.3, -0.25) is 0 Å². The van der Waals surface area contributed by atoms with Crippen molar-refractivity contribution in [2.45, 2.75) is 45.2 Å². The normalized spacial score (nSPS) is 26.3. The first-order chi connectivity index (χ1) is 7.02. The number of hydrogen-bond acceptors (Lipinski definition) is 2. The molecule has 1 saturated carbocycles. The zero-order chi connectivity index (χ0) is 11.4. The Morgan fingerprint density at radius 3 is 2.47 bits per heavy atom. The maximum absolute atomic E-state index is 11.3. The van der Waals surface area contributed by atoms with Crippen molar-refractivity contribution in [3.8, 4) is 0 Å². The van der Waals surface area contributed by atoms with Gasteiger partial charge in [0.25, 0.3) is 0 Å². The fourth-order valence-electron chi connectivity index (χ4n) is 1.74. The summed E-state index contributed by atoms with van der Waals surface area (Å²) in [7, 11) is 0. The van der Waals surface area contributed by atoms with Gasteiger partial charge in [-0.1, -0.05) is 13.8 Å². The molecule has 0 aromatic heterocycles. The fraction of sp³-hybridized carbons (Fsp3) is 0.800. The molecular formula is C10H18N2O3. The van der Waals surface area contributed by atoms with Crippen molar-refractivity contribution in [1.29, 1.82) is 0 Å². The van der Waals surface area contributed by atoms with Crippen molar-refractivity contribution in [3.63, 3.8) is 0 Å². The van der Waals surface area contributed by atoms with Crippen molar-refractivity contribution >= 4 is 12.0 Å². The highest BCUT2D eigenvalue weighted by molar-refractivity contribution is 5.82. The number of rotatable bonds is 4. The number of carboxylic acid groups (broad SMARTS) is 1. The Kier molecular flexibility index (Phi) is 3.94. The lowest BCUT2D eigenvalue weighted by Crippen LogP contribution is -2.51. The molecule has 1 aliphatic carbocycles. The highest BCUT2D eigenvalue weighted by atomic mass is 16.4. The summed E-state index contributed by atoms with van der Waals surface area (Å²) in [5, 5.41) is 13.9. The molecule has 2 amide bonds. The molecule has 0 aliphatic heterocycles. The number of aliphatic carboxylic acids is 1. The highest BCUT2D eigenvalue weighted by Crippen LogP contribution is 2.25. The molecule has 0 aromatic carbocycles. The third-order valence-corrected chi connectivity index (χ3v) is 2.72. The molecule has 1 atom stereocenters. The second kappa shape index (κ2) is 5.00. The molecule has 0 spiro atoms. The van der Waals surface area contributed by atoms with Crippen LogP contribution in [0, 0.1) is 5.92 Å². The van der Waals surface area contributed by atoms with E-state index in [4.69, 9.17) is 5.11 Å². The van der Waals surface area contributed by atoms with Gasteiger partial charge in [0, 0.05) is 6.04 Å². The minimum atomic E-state index is -0.991. The van der Waals surface area contributed by atoms with Gasteiger partial charge >= 0.3 is 12.0 Å². The van der Waals surface area contributed by atoms with E-state index in [2.05, 4.69) is 17.6 Å². The van der Waals surface area contributed by atoms with E-state index in [0.717, 1.165) is 12.8 Å². The van der Waals surface area contributed by atoms with Crippen LogP contribution in [0.1, 0.15) is 33.1 Å². The molecule has 3 N–H and O–H groups in total. The second-order valence-corrected chi connectivity index (χ2v) is 4.19. The number of carboxylic acids is 1. The third kappa shape index (κ3) is 3.42. The maximum atomic E-state index is 11.3. The van der Waals surface area contributed by atoms with Gasteiger partial charge in [0.15, 0.2) is 0 Å². The van der Waals surface area contributed by atoms with Gasteiger partial charge in [0.2, 0.25) is 0 Å². The van der Waals surface area contributed by atoms with E-state index in [0.29, 0.717) is 12.3 Å². The average Bonchev–Trinajstić information content (AvgIpc) is 2.11. The highest BCUT2D eigenvalue weighted by Gasteiger charge is 2.27. The van der Waals surface area contributed by atoms with E-state index in [1.807, 2.05) is 0 Å². The molecule has 1 aliphatic rings. The van der Waals surface area contributed by atoms with Gasteiger partial charge in [-0.25, -0.2) is 9.59 Å². The summed E-state index contributed by atoms with van der Waals surface area (Å²) in [5.74, 6) is -0.327. The number of carbonyl (C=O) groups excluding carboxylic acids is 1. The van der Waals surface area contributed by atoms with E-state index >= 15 is 0 Å². The monoisotopic (exact) mass is 214 g/mol. The van der Waals surface area contributed by atoms with Crippen molar-refractivity contribution in [3.05, 3.63) is 0 Å². The van der Waals surface area contributed by atoms with Gasteiger partial charge < -0.3 is 15.7 Å². The Bertz CT molecular complexity index is 249. The first-order valence-electron chi connectivity index (χ1n) is 5.32. The lowest BCUT2D eigenvalue weighted by molar-refractivity contribution is -0.139. The van der Waals surface area contributed by atoms with Crippen molar-refractivity contribution in [2.24, 2.45) is 5.92 Å². The van der Waals surface area contributed by atoms with Gasteiger partial charge in [-0.2, -0.15) is 0 Å².